The van der Waals surface area contributed by atoms with Gasteiger partial charge in [0, 0.05) is 9.90 Å². The summed E-state index contributed by atoms with van der Waals surface area (Å²) >= 11 is 3.55. The highest BCUT2D eigenvalue weighted by molar-refractivity contribution is 14.2. The third-order valence-corrected chi connectivity index (χ3v) is 0. The number of hydrogen-bond acceptors (Lipinski definition) is 1. The van der Waals surface area contributed by atoms with Crippen molar-refractivity contribution in [3.63, 3.8) is 0 Å². The van der Waals surface area contributed by atoms with Gasteiger partial charge in [0.15, 0.2) is 0 Å². The highest BCUT2D eigenvalue weighted by atomic mass is 127. The molecule has 0 spiro atoms. The van der Waals surface area contributed by atoms with Crippen LogP contribution in [0.1, 0.15) is 0 Å². The molecule has 0 heterocycles. The fourth-order valence-corrected chi connectivity index (χ4v) is 0. The fraction of sp³-hybridized carbons (Fsp3) is 0. The van der Waals surface area contributed by atoms with Crippen LogP contribution >= 0.6 is 55.9 Å². The first-order valence-corrected chi connectivity index (χ1v) is 2.07. The first kappa shape index (κ1) is 9.28. The predicted molar refractivity (Wildman–Crippen MR) is 36.0 cm³/mol. The molecule has 4 heavy (non-hydrogen) atoms. The van der Waals surface area contributed by atoms with E-state index in [1.54, 1.807) is 46.0 Å². The maximum atomic E-state index is 4.19. The maximum Gasteiger partial charge on any atom is 0.124 e. The average Bonchev–Trinajstić information content (AvgIpc) is 0.918. The Labute approximate surface area is 56.9 Å². The van der Waals surface area contributed by atoms with Crippen molar-refractivity contribution in [3.05, 3.63) is 0 Å². The molecule has 0 unspecified atom stereocenters. The summed E-state index contributed by atoms with van der Waals surface area (Å²) in [7, 11) is 0. The molecule has 0 aliphatic carbocycles. The lowest BCUT2D eigenvalue weighted by atomic mass is 16.0. The predicted octanol–water partition coefficient (Wildman–Crippen LogP) is 2.56. The van der Waals surface area contributed by atoms with Gasteiger partial charge >= 0.3 is 0 Å². The molecule has 25 valence electrons. The molecule has 0 aliphatic rings. The van der Waals surface area contributed by atoms with E-state index in [-0.39, 0.29) is 9.90 Å². The number of hydrogen-bond donors (Lipinski definition) is 0. The van der Waals surface area contributed by atoms with Gasteiger partial charge < -0.3 is 0 Å². The molecule has 0 fully saturated rings. The maximum absolute atomic E-state index is 4.19. The van der Waals surface area contributed by atoms with Crippen molar-refractivity contribution >= 4 is 55.9 Å². The standard InChI is InChI=1S/I2O.P/c1-3-2;. The highest BCUT2D eigenvalue weighted by Gasteiger charge is 1.37. The van der Waals surface area contributed by atoms with Gasteiger partial charge in [-0.25, -0.2) is 1.40 Å². The smallest absolute Gasteiger partial charge is 0.124 e. The van der Waals surface area contributed by atoms with Crippen LogP contribution in [0.5, 0.6) is 0 Å². The minimum absolute atomic E-state index is 0. The van der Waals surface area contributed by atoms with Crippen molar-refractivity contribution < 1.29 is 1.40 Å². The first-order valence-electron chi connectivity index (χ1n) is 0.309. The molecule has 1 nitrogen and oxygen atoms in total. The first-order chi connectivity index (χ1) is 1.41. The normalized spacial score (nSPS) is 4.50. The summed E-state index contributed by atoms with van der Waals surface area (Å²) < 4.78 is 4.19. The van der Waals surface area contributed by atoms with Gasteiger partial charge in [0.05, 0.1) is 0 Å². The molecule has 0 rings (SSSR count). The molecule has 0 bridgehead atoms. The summed E-state index contributed by atoms with van der Waals surface area (Å²) in [4.78, 5) is 0. The Balaban J connectivity index is 0. The topological polar surface area (TPSA) is 9.23 Å². The summed E-state index contributed by atoms with van der Waals surface area (Å²) in [6.07, 6.45) is 0. The third kappa shape index (κ3) is 9.14. The molecule has 4 heteroatoms. The zero-order valence-electron chi connectivity index (χ0n) is 1.61. The molecule has 0 aromatic heterocycles. The molecule has 0 aliphatic heterocycles. The van der Waals surface area contributed by atoms with E-state index in [2.05, 4.69) is 1.40 Å². The quantitative estimate of drug-likeness (QED) is 0.493. The molecule has 0 atom stereocenters. The zero-order chi connectivity index (χ0) is 2.71. The molecule has 0 N–H and O–H groups in total. The Kier molecular flexibility index (Phi) is 20.5. The van der Waals surface area contributed by atoms with E-state index in [0.717, 1.165) is 0 Å². The van der Waals surface area contributed by atoms with Crippen LogP contribution in [0.3, 0.4) is 0 Å². The summed E-state index contributed by atoms with van der Waals surface area (Å²) in [6, 6.07) is 0. The molecule has 0 aromatic rings. The molecule has 0 saturated heterocycles. The van der Waals surface area contributed by atoms with Crippen LogP contribution in [0.15, 0.2) is 0 Å². The van der Waals surface area contributed by atoms with Gasteiger partial charge in [-0.1, -0.05) is 0 Å². The van der Waals surface area contributed by atoms with E-state index < -0.39 is 0 Å². The molecule has 0 saturated carbocycles. The van der Waals surface area contributed by atoms with Crippen LogP contribution in [-0.2, 0) is 1.40 Å². The van der Waals surface area contributed by atoms with Crippen LogP contribution in [0.25, 0.3) is 0 Å². The SMILES string of the molecule is IOI.[P]. The van der Waals surface area contributed by atoms with E-state index in [1.165, 1.54) is 0 Å². The Morgan fingerprint density at radius 3 is 1.25 bits per heavy atom. The summed E-state index contributed by atoms with van der Waals surface area (Å²) in [5.41, 5.74) is 0. The lowest BCUT2D eigenvalue weighted by Crippen LogP contribution is -1.08. The minimum Gasteiger partial charge on any atom is -0.247 e. The zero-order valence-corrected chi connectivity index (χ0v) is 6.82. The largest absolute Gasteiger partial charge is 0.247 e. The summed E-state index contributed by atoms with van der Waals surface area (Å²) in [5, 5.41) is 0. The van der Waals surface area contributed by atoms with Gasteiger partial charge in [0.2, 0.25) is 0 Å². The van der Waals surface area contributed by atoms with Gasteiger partial charge in [-0.15, -0.1) is 0 Å². The van der Waals surface area contributed by atoms with Gasteiger partial charge in [0.1, 0.15) is 46.0 Å². The second-order valence-electron chi connectivity index (χ2n) is 0.0583. The Bertz CT molecular complexity index is 6.00. The minimum atomic E-state index is 0. The third-order valence-electron chi connectivity index (χ3n) is 0. The molecular weight excluding hydrogens is 301 g/mol. The van der Waals surface area contributed by atoms with E-state index in [9.17, 15) is 0 Å². The van der Waals surface area contributed by atoms with Gasteiger partial charge in [-0.05, 0) is 0 Å². The molecule has 3 radical (unpaired) electrons. The Morgan fingerprint density at radius 2 is 1.25 bits per heavy atom. The van der Waals surface area contributed by atoms with E-state index in [1.807, 2.05) is 0 Å². The van der Waals surface area contributed by atoms with Gasteiger partial charge in [-0.2, -0.15) is 0 Å². The monoisotopic (exact) mass is 301 g/mol. The van der Waals surface area contributed by atoms with E-state index in [4.69, 9.17) is 0 Å². The van der Waals surface area contributed by atoms with Gasteiger partial charge in [-0.3, -0.25) is 0 Å². The number of halogens is 2. The summed E-state index contributed by atoms with van der Waals surface area (Å²) in [5.74, 6) is 0. The van der Waals surface area contributed by atoms with Crippen molar-refractivity contribution in [2.45, 2.75) is 0 Å². The van der Waals surface area contributed by atoms with E-state index in [0.29, 0.717) is 0 Å². The van der Waals surface area contributed by atoms with Crippen LogP contribution in [0, 0.1) is 0 Å². The lowest BCUT2D eigenvalue weighted by Gasteiger charge is -1.49. The van der Waals surface area contributed by atoms with Crippen molar-refractivity contribution in [2.75, 3.05) is 0 Å². The Hall–Kier alpha value is 1.85. The summed E-state index contributed by atoms with van der Waals surface area (Å²) in [6.45, 7) is 0. The molecular formula is I2OP. The molecule has 0 amide bonds. The van der Waals surface area contributed by atoms with E-state index >= 15 is 0 Å². The van der Waals surface area contributed by atoms with Crippen LogP contribution in [0.4, 0.5) is 0 Å². The highest BCUT2D eigenvalue weighted by Crippen LogP contribution is 1.90. The van der Waals surface area contributed by atoms with Crippen LogP contribution in [0.2, 0.25) is 0 Å². The average molecular weight is 301 g/mol. The lowest BCUT2D eigenvalue weighted by molar-refractivity contribution is 0.932. The second kappa shape index (κ2) is 8.85. The Morgan fingerprint density at radius 1 is 1.25 bits per heavy atom. The van der Waals surface area contributed by atoms with Crippen LogP contribution < -0.4 is 0 Å². The van der Waals surface area contributed by atoms with Crippen molar-refractivity contribution in [1.82, 2.24) is 0 Å². The number of rotatable bonds is 0. The van der Waals surface area contributed by atoms with Gasteiger partial charge in [0.25, 0.3) is 0 Å². The second-order valence-corrected chi connectivity index (χ2v) is 2.62. The van der Waals surface area contributed by atoms with Crippen LogP contribution in [-0.4, -0.2) is 0 Å². The van der Waals surface area contributed by atoms with Crippen molar-refractivity contribution in [2.24, 2.45) is 0 Å². The fourth-order valence-electron chi connectivity index (χ4n) is 0. The van der Waals surface area contributed by atoms with Crippen molar-refractivity contribution in [1.29, 1.82) is 0 Å². The molecule has 0 aromatic carbocycles. The van der Waals surface area contributed by atoms with Crippen molar-refractivity contribution in [3.8, 4) is 0 Å².